The fraction of sp³-hybridized carbons (Fsp3) is 0.538. The molecule has 1 aromatic rings. The Bertz CT molecular complexity index is 572. The first kappa shape index (κ1) is 12.9. The molecule has 1 aliphatic carbocycles. The second-order valence-corrected chi connectivity index (χ2v) is 7.61. The third kappa shape index (κ3) is 2.48. The van der Waals surface area contributed by atoms with Crippen LogP contribution in [0.15, 0.2) is 24.3 Å². The minimum absolute atomic E-state index is 0.0337. The molecule has 3 N–H and O–H groups in total. The number of hydrogen-bond donors (Lipinski definition) is 2. The lowest BCUT2D eigenvalue weighted by atomic mass is 9.91. The zero-order chi connectivity index (χ0) is 13.7. The lowest BCUT2D eigenvalue weighted by Crippen LogP contribution is -2.64. The first-order valence-corrected chi connectivity index (χ1v) is 8.05. The number of sulfonamides is 1. The van der Waals surface area contributed by atoms with E-state index in [0.717, 1.165) is 18.4 Å². The Hall–Kier alpha value is -1.11. The van der Waals surface area contributed by atoms with Crippen LogP contribution in [0.2, 0.25) is 0 Å². The number of nitrogen functional groups attached to an aromatic ring is 1. The van der Waals surface area contributed by atoms with E-state index in [1.807, 2.05) is 0 Å². The van der Waals surface area contributed by atoms with Gasteiger partial charge in [-0.3, -0.25) is 0 Å². The number of nitrogens with zero attached hydrogens (tertiary/aromatic N) is 1. The van der Waals surface area contributed by atoms with Gasteiger partial charge >= 0.3 is 0 Å². The number of benzene rings is 1. The molecular weight excluding hydrogens is 264 g/mol. The van der Waals surface area contributed by atoms with Crippen molar-refractivity contribution in [3.8, 4) is 0 Å². The van der Waals surface area contributed by atoms with Crippen LogP contribution in [0.1, 0.15) is 18.4 Å². The number of rotatable bonds is 4. The van der Waals surface area contributed by atoms with E-state index in [2.05, 4.69) is 0 Å². The Balaban J connectivity index is 1.65. The molecule has 3 rings (SSSR count). The van der Waals surface area contributed by atoms with Gasteiger partial charge in [0.05, 0.1) is 11.4 Å². The second kappa shape index (κ2) is 4.19. The fourth-order valence-corrected chi connectivity index (χ4v) is 4.19. The van der Waals surface area contributed by atoms with Crippen molar-refractivity contribution in [3.63, 3.8) is 0 Å². The Morgan fingerprint density at radius 1 is 1.26 bits per heavy atom. The topological polar surface area (TPSA) is 83.6 Å². The molecule has 0 atom stereocenters. The van der Waals surface area contributed by atoms with Gasteiger partial charge in [0.15, 0.2) is 0 Å². The molecule has 0 radical (unpaired) electrons. The summed E-state index contributed by atoms with van der Waals surface area (Å²) in [5.74, 6) is 0.268. The number of anilines is 1. The summed E-state index contributed by atoms with van der Waals surface area (Å²) in [5, 5.41) is 10.2. The minimum Gasteiger partial charge on any atom is -0.399 e. The molecule has 2 fully saturated rings. The van der Waals surface area contributed by atoms with Gasteiger partial charge < -0.3 is 10.8 Å². The van der Waals surface area contributed by atoms with Gasteiger partial charge in [-0.05, 0) is 36.5 Å². The van der Waals surface area contributed by atoms with Crippen molar-refractivity contribution in [3.05, 3.63) is 29.8 Å². The molecule has 0 amide bonds. The lowest BCUT2D eigenvalue weighted by Gasteiger charge is -2.45. The monoisotopic (exact) mass is 282 g/mol. The highest BCUT2D eigenvalue weighted by Crippen LogP contribution is 2.45. The van der Waals surface area contributed by atoms with Gasteiger partial charge in [-0.25, -0.2) is 8.42 Å². The molecule has 0 bridgehead atoms. The predicted molar refractivity (Wildman–Crippen MR) is 72.7 cm³/mol. The van der Waals surface area contributed by atoms with Crippen LogP contribution in [-0.2, 0) is 15.8 Å². The van der Waals surface area contributed by atoms with Crippen molar-refractivity contribution in [2.45, 2.75) is 24.2 Å². The van der Waals surface area contributed by atoms with Crippen molar-refractivity contribution in [2.24, 2.45) is 5.92 Å². The SMILES string of the molecule is Nc1ccc(CS(=O)(=O)N2CC(O)(C3CC3)C2)cc1. The van der Waals surface area contributed by atoms with Gasteiger partial charge in [0.1, 0.15) is 0 Å². The van der Waals surface area contributed by atoms with E-state index in [0.29, 0.717) is 11.6 Å². The number of β-amino-alcohol motifs (C(OH)–C–C–N with tert-alkyl or cyclic N) is 1. The Kier molecular flexibility index (Phi) is 2.85. The molecule has 0 aromatic heterocycles. The van der Waals surface area contributed by atoms with Crippen molar-refractivity contribution < 1.29 is 13.5 Å². The van der Waals surface area contributed by atoms with Gasteiger partial charge in [0.2, 0.25) is 10.0 Å². The quantitative estimate of drug-likeness (QED) is 0.790. The zero-order valence-electron chi connectivity index (χ0n) is 10.6. The molecule has 104 valence electrons. The highest BCUT2D eigenvalue weighted by atomic mass is 32.2. The van der Waals surface area contributed by atoms with E-state index >= 15 is 0 Å². The maximum absolute atomic E-state index is 12.2. The molecule has 1 aromatic carbocycles. The summed E-state index contributed by atoms with van der Waals surface area (Å²) in [6.45, 7) is 0.490. The summed E-state index contributed by atoms with van der Waals surface area (Å²) in [5.41, 5.74) is 6.14. The van der Waals surface area contributed by atoms with Gasteiger partial charge in [-0.15, -0.1) is 0 Å². The molecule has 2 aliphatic rings. The molecule has 1 saturated carbocycles. The molecule has 1 saturated heterocycles. The molecule has 0 spiro atoms. The van der Waals surface area contributed by atoms with Crippen LogP contribution in [-0.4, -0.2) is 36.5 Å². The third-order valence-electron chi connectivity index (χ3n) is 3.96. The predicted octanol–water partition coefficient (Wildman–Crippen LogP) is 0.555. The molecule has 5 nitrogen and oxygen atoms in total. The average Bonchev–Trinajstić information content (AvgIpc) is 3.12. The van der Waals surface area contributed by atoms with Crippen LogP contribution in [0.4, 0.5) is 5.69 Å². The van der Waals surface area contributed by atoms with Crippen molar-refractivity contribution >= 4 is 15.7 Å². The summed E-state index contributed by atoms with van der Waals surface area (Å²) >= 11 is 0. The molecule has 1 heterocycles. The summed E-state index contributed by atoms with van der Waals surface area (Å²) in [6.07, 6.45) is 2.03. The van der Waals surface area contributed by atoms with Gasteiger partial charge in [0, 0.05) is 18.8 Å². The fourth-order valence-electron chi connectivity index (χ4n) is 2.56. The Labute approximate surface area is 113 Å². The Morgan fingerprint density at radius 3 is 2.37 bits per heavy atom. The zero-order valence-corrected chi connectivity index (χ0v) is 11.4. The molecular formula is C13H18N2O3S. The summed E-state index contributed by atoms with van der Waals surface area (Å²) in [6, 6.07) is 6.84. The van der Waals surface area contributed by atoms with Crippen molar-refractivity contribution in [2.75, 3.05) is 18.8 Å². The third-order valence-corrected chi connectivity index (χ3v) is 5.70. The number of hydrogen-bond acceptors (Lipinski definition) is 4. The molecule has 6 heteroatoms. The van der Waals surface area contributed by atoms with E-state index < -0.39 is 15.6 Å². The van der Waals surface area contributed by atoms with E-state index in [-0.39, 0.29) is 18.8 Å². The maximum atomic E-state index is 12.2. The van der Waals surface area contributed by atoms with Crippen LogP contribution in [0.25, 0.3) is 0 Å². The van der Waals surface area contributed by atoms with Crippen LogP contribution < -0.4 is 5.73 Å². The van der Waals surface area contributed by atoms with Crippen molar-refractivity contribution in [1.82, 2.24) is 4.31 Å². The standard InChI is InChI=1S/C13H18N2O3S/c14-12-5-1-10(2-6-12)7-19(17,18)15-8-13(16,9-15)11-3-4-11/h1-2,5-6,11,16H,3-4,7-9,14H2. The summed E-state index contributed by atoms with van der Waals surface area (Å²) < 4.78 is 25.7. The summed E-state index contributed by atoms with van der Waals surface area (Å²) in [4.78, 5) is 0. The largest absolute Gasteiger partial charge is 0.399 e. The molecule has 0 unspecified atom stereocenters. The van der Waals surface area contributed by atoms with E-state index in [4.69, 9.17) is 5.73 Å². The normalized spacial score (nSPS) is 23.0. The van der Waals surface area contributed by atoms with E-state index in [1.54, 1.807) is 24.3 Å². The van der Waals surface area contributed by atoms with Crippen LogP contribution in [0, 0.1) is 5.92 Å². The van der Waals surface area contributed by atoms with Crippen LogP contribution >= 0.6 is 0 Å². The highest BCUT2D eigenvalue weighted by Gasteiger charge is 2.54. The Morgan fingerprint density at radius 2 is 1.84 bits per heavy atom. The molecule has 1 aliphatic heterocycles. The van der Waals surface area contributed by atoms with Gasteiger partial charge in [-0.2, -0.15) is 4.31 Å². The molecule has 19 heavy (non-hydrogen) atoms. The van der Waals surface area contributed by atoms with E-state index in [9.17, 15) is 13.5 Å². The van der Waals surface area contributed by atoms with Crippen LogP contribution in [0.3, 0.4) is 0 Å². The first-order chi connectivity index (χ1) is 8.89. The highest BCUT2D eigenvalue weighted by molar-refractivity contribution is 7.88. The minimum atomic E-state index is -3.33. The average molecular weight is 282 g/mol. The maximum Gasteiger partial charge on any atom is 0.218 e. The number of nitrogens with two attached hydrogens (primary N) is 1. The van der Waals surface area contributed by atoms with Crippen molar-refractivity contribution in [1.29, 1.82) is 0 Å². The van der Waals surface area contributed by atoms with E-state index in [1.165, 1.54) is 4.31 Å². The number of aliphatic hydroxyl groups is 1. The first-order valence-electron chi connectivity index (χ1n) is 6.44. The smallest absolute Gasteiger partial charge is 0.218 e. The van der Waals surface area contributed by atoms with Gasteiger partial charge in [-0.1, -0.05) is 12.1 Å². The summed E-state index contributed by atoms with van der Waals surface area (Å²) in [7, 11) is -3.33. The lowest BCUT2D eigenvalue weighted by molar-refractivity contribution is -0.0765. The van der Waals surface area contributed by atoms with Gasteiger partial charge in [0.25, 0.3) is 0 Å². The van der Waals surface area contributed by atoms with Crippen LogP contribution in [0.5, 0.6) is 0 Å². The second-order valence-electron chi connectivity index (χ2n) is 5.64.